The van der Waals surface area contributed by atoms with Crippen LogP contribution in [0.1, 0.15) is 0 Å². The molecule has 2 aromatic carbocycles. The van der Waals surface area contributed by atoms with Crippen LogP contribution in [0, 0.1) is 0 Å². The summed E-state index contributed by atoms with van der Waals surface area (Å²) >= 11 is 0. The summed E-state index contributed by atoms with van der Waals surface area (Å²) in [6.07, 6.45) is 7.60. The zero-order chi connectivity index (χ0) is 13.5. The molecule has 0 saturated carbocycles. The van der Waals surface area contributed by atoms with Crippen molar-refractivity contribution in [2.75, 3.05) is 0 Å². The first-order chi connectivity index (χ1) is 9.29. The maximum absolute atomic E-state index is 10.9. The van der Waals surface area contributed by atoms with E-state index in [2.05, 4.69) is 0 Å². The summed E-state index contributed by atoms with van der Waals surface area (Å²) in [5.74, 6) is -0.887. The summed E-state index contributed by atoms with van der Waals surface area (Å²) in [6.45, 7) is 0. The van der Waals surface area contributed by atoms with E-state index >= 15 is 0 Å². The molecule has 0 radical (unpaired) electrons. The SMILES string of the molecule is [Fe+2].[O-]C(O)=c1ccccc1=C1C=CC=C1.c1cc[cH-]c1. The quantitative estimate of drug-likeness (QED) is 0.590. The first-order valence-electron chi connectivity index (χ1n) is 6.00. The Kier molecular flexibility index (Phi) is 6.51. The summed E-state index contributed by atoms with van der Waals surface area (Å²) in [4.78, 5) is 0. The first kappa shape index (κ1) is 16.0. The second kappa shape index (κ2) is 8.15. The van der Waals surface area contributed by atoms with Crippen molar-refractivity contribution in [3.05, 3.63) is 89.3 Å². The molecule has 3 heteroatoms. The van der Waals surface area contributed by atoms with Crippen molar-refractivity contribution in [3.63, 3.8) is 0 Å². The van der Waals surface area contributed by atoms with Crippen LogP contribution in [-0.2, 0) is 17.1 Å². The topological polar surface area (TPSA) is 43.3 Å². The molecule has 0 aromatic heterocycles. The van der Waals surface area contributed by atoms with Crippen LogP contribution in [0.3, 0.4) is 0 Å². The Morgan fingerprint density at radius 2 is 1.55 bits per heavy atom. The second-order valence-corrected chi connectivity index (χ2v) is 3.99. The van der Waals surface area contributed by atoms with Crippen molar-refractivity contribution >= 4 is 11.5 Å². The molecule has 1 aliphatic carbocycles. The average molecular weight is 306 g/mol. The second-order valence-electron chi connectivity index (χ2n) is 3.99. The van der Waals surface area contributed by atoms with E-state index in [1.54, 1.807) is 12.1 Å². The van der Waals surface area contributed by atoms with Crippen LogP contribution in [0.15, 0.2) is 78.9 Å². The third-order valence-electron chi connectivity index (χ3n) is 2.69. The van der Waals surface area contributed by atoms with Crippen LogP contribution < -0.4 is 15.5 Å². The van der Waals surface area contributed by atoms with E-state index in [0.29, 0.717) is 5.22 Å². The van der Waals surface area contributed by atoms with Crippen LogP contribution in [0.25, 0.3) is 11.5 Å². The standard InChI is InChI=1S/C12H10O2.C5H5.Fe/c13-12(14)11-8-4-3-7-10(11)9-5-1-2-6-9;1-2-4-5-3-1;/h1-8,13-14H;1-5H;/q;-1;+2/p-1. The number of hydrogen-bond donors (Lipinski definition) is 1. The van der Waals surface area contributed by atoms with Gasteiger partial charge in [-0.25, -0.2) is 12.1 Å². The van der Waals surface area contributed by atoms with Gasteiger partial charge in [-0.1, -0.05) is 48.6 Å². The fraction of sp³-hybridized carbons (Fsp3) is 0. The molecule has 20 heavy (non-hydrogen) atoms. The minimum atomic E-state index is -0.887. The molecule has 102 valence electrons. The average Bonchev–Trinajstić information content (AvgIpc) is 3.14. The number of aliphatic hydroxyl groups excluding tert-OH is 1. The van der Waals surface area contributed by atoms with Crippen molar-refractivity contribution in [2.45, 2.75) is 0 Å². The third-order valence-corrected chi connectivity index (χ3v) is 2.69. The monoisotopic (exact) mass is 306 g/mol. The van der Waals surface area contributed by atoms with Gasteiger partial charge in [0.1, 0.15) is 0 Å². The number of hydrogen-bond acceptors (Lipinski definition) is 2. The van der Waals surface area contributed by atoms with Gasteiger partial charge in [-0.05, 0) is 10.8 Å². The molecule has 0 spiro atoms. The summed E-state index contributed by atoms with van der Waals surface area (Å²) in [5.41, 5.74) is 0.947. The molecule has 2 aromatic rings. The summed E-state index contributed by atoms with van der Waals surface area (Å²) in [6, 6.07) is 17.0. The maximum Gasteiger partial charge on any atom is 2.00 e. The van der Waals surface area contributed by atoms with E-state index < -0.39 is 5.95 Å². The van der Waals surface area contributed by atoms with Crippen molar-refractivity contribution in [1.82, 2.24) is 0 Å². The van der Waals surface area contributed by atoms with E-state index in [4.69, 9.17) is 5.11 Å². The Hall–Kier alpha value is -2.09. The first-order valence-corrected chi connectivity index (χ1v) is 6.00. The molecule has 0 aliphatic heterocycles. The van der Waals surface area contributed by atoms with Crippen molar-refractivity contribution in [2.24, 2.45) is 0 Å². The number of aliphatic hydroxyl groups is 1. The van der Waals surface area contributed by atoms with Gasteiger partial charge in [0.2, 0.25) is 0 Å². The molecule has 0 fully saturated rings. The van der Waals surface area contributed by atoms with Gasteiger partial charge in [-0.15, -0.1) is 0 Å². The normalized spacial score (nSPS) is 13.3. The van der Waals surface area contributed by atoms with Gasteiger partial charge in [0.25, 0.3) is 0 Å². The predicted octanol–water partition coefficient (Wildman–Crippen LogP) is 1.35. The van der Waals surface area contributed by atoms with E-state index in [1.165, 1.54) is 0 Å². The largest absolute Gasteiger partial charge is 2.00 e. The molecule has 0 saturated heterocycles. The molecule has 1 N–H and O–H groups in total. The van der Waals surface area contributed by atoms with Gasteiger partial charge in [0.15, 0.2) is 0 Å². The molecular weight excluding hydrogens is 292 g/mol. The third kappa shape index (κ3) is 4.23. The zero-order valence-electron chi connectivity index (χ0n) is 10.7. The van der Waals surface area contributed by atoms with Gasteiger partial charge in [0, 0.05) is 5.22 Å². The number of rotatable bonds is 0. The van der Waals surface area contributed by atoms with Gasteiger partial charge < -0.3 is 10.2 Å². The molecule has 3 rings (SSSR count). The minimum Gasteiger partial charge on any atom is -0.629 e. The van der Waals surface area contributed by atoms with Gasteiger partial charge in [-0.2, -0.15) is 18.2 Å². The number of allylic oxidation sites excluding steroid dienone is 4. The maximum atomic E-state index is 10.9. The Morgan fingerprint density at radius 1 is 0.950 bits per heavy atom. The van der Waals surface area contributed by atoms with E-state index in [0.717, 1.165) is 10.8 Å². The fourth-order valence-electron chi connectivity index (χ4n) is 1.80. The van der Waals surface area contributed by atoms with Crippen LogP contribution in [0.4, 0.5) is 0 Å². The molecular formula is C17H14FeO2. The Balaban J connectivity index is 0.000000283. The van der Waals surface area contributed by atoms with Crippen molar-refractivity contribution < 1.29 is 27.3 Å². The van der Waals surface area contributed by atoms with Crippen molar-refractivity contribution in [3.8, 4) is 0 Å². The summed E-state index contributed by atoms with van der Waals surface area (Å²) in [7, 11) is 0. The van der Waals surface area contributed by atoms with Gasteiger partial charge in [0.05, 0.1) is 5.95 Å². The van der Waals surface area contributed by atoms with E-state index in [1.807, 2.05) is 66.8 Å². The Morgan fingerprint density at radius 3 is 2.05 bits per heavy atom. The molecule has 1 aliphatic rings. The smallest absolute Gasteiger partial charge is 0.629 e. The van der Waals surface area contributed by atoms with Crippen LogP contribution in [0.5, 0.6) is 0 Å². The molecule has 0 atom stereocenters. The zero-order valence-corrected chi connectivity index (χ0v) is 11.8. The van der Waals surface area contributed by atoms with Gasteiger partial charge >= 0.3 is 17.1 Å². The van der Waals surface area contributed by atoms with Gasteiger partial charge in [-0.3, -0.25) is 0 Å². The molecule has 0 bridgehead atoms. The summed E-state index contributed by atoms with van der Waals surface area (Å²) in [5, 5.41) is 21.0. The van der Waals surface area contributed by atoms with E-state index in [9.17, 15) is 5.11 Å². The van der Waals surface area contributed by atoms with Crippen molar-refractivity contribution in [1.29, 1.82) is 0 Å². The van der Waals surface area contributed by atoms with E-state index in [-0.39, 0.29) is 17.1 Å². The Bertz CT molecular complexity index is 660. The van der Waals surface area contributed by atoms with Crippen LogP contribution in [-0.4, -0.2) is 5.11 Å². The minimum absolute atomic E-state index is 0. The summed E-state index contributed by atoms with van der Waals surface area (Å²) < 4.78 is 0. The molecule has 0 amide bonds. The molecule has 2 nitrogen and oxygen atoms in total. The van der Waals surface area contributed by atoms with Crippen LogP contribution in [0.2, 0.25) is 0 Å². The molecule has 0 heterocycles. The predicted molar refractivity (Wildman–Crippen MR) is 75.5 cm³/mol. The Labute approximate surface area is 128 Å². The number of benzene rings is 1. The fourth-order valence-corrected chi connectivity index (χ4v) is 1.80. The van der Waals surface area contributed by atoms with Crippen LogP contribution >= 0.6 is 0 Å². The molecule has 0 unspecified atom stereocenters.